The first-order valence-electron chi connectivity index (χ1n) is 8.86. The van der Waals surface area contributed by atoms with Crippen LogP contribution in [0.2, 0.25) is 0 Å². The minimum Gasteiger partial charge on any atom is -0.248 e. The summed E-state index contributed by atoms with van der Waals surface area (Å²) in [6.45, 7) is 0. The van der Waals surface area contributed by atoms with Crippen LogP contribution in [0.15, 0.2) is 102 Å². The molecule has 2 aliphatic carbocycles. The summed E-state index contributed by atoms with van der Waals surface area (Å²) >= 11 is 3.48. The summed E-state index contributed by atoms with van der Waals surface area (Å²) in [5.74, 6) is 0. The zero-order valence-electron chi connectivity index (χ0n) is 15.1. The Morgan fingerprint density at radius 3 is 2.14 bits per heavy atom. The van der Waals surface area contributed by atoms with E-state index in [0.29, 0.717) is 0 Å². The van der Waals surface area contributed by atoms with E-state index in [-0.39, 0.29) is 17.1 Å². The summed E-state index contributed by atoms with van der Waals surface area (Å²) in [6.07, 6.45) is 18.4. The van der Waals surface area contributed by atoms with E-state index in [1.807, 2.05) is 48.9 Å². The van der Waals surface area contributed by atoms with Gasteiger partial charge in [-0.2, -0.15) is 0 Å². The Bertz CT molecular complexity index is 1070. The van der Waals surface area contributed by atoms with Crippen molar-refractivity contribution in [3.05, 3.63) is 120 Å². The SMILES string of the molecule is Brc1ccc(-c2cc(C3=C[CH]C=C3)c3ccccc3n2)cc1.[CH]1C=CC=C1.[Fe]. The summed E-state index contributed by atoms with van der Waals surface area (Å²) in [5, 5.41) is 1.19. The average Bonchev–Trinajstić information content (AvgIpc) is 3.44. The van der Waals surface area contributed by atoms with E-state index < -0.39 is 0 Å². The molecule has 0 unspecified atom stereocenters. The minimum atomic E-state index is 0. The van der Waals surface area contributed by atoms with Crippen LogP contribution in [0.1, 0.15) is 5.56 Å². The molecule has 0 amide bonds. The maximum absolute atomic E-state index is 4.83. The molecule has 2 radical (unpaired) electrons. The van der Waals surface area contributed by atoms with Crippen LogP contribution in [0.25, 0.3) is 27.7 Å². The van der Waals surface area contributed by atoms with Crippen molar-refractivity contribution >= 4 is 32.4 Å². The van der Waals surface area contributed by atoms with Crippen molar-refractivity contribution in [2.45, 2.75) is 0 Å². The monoisotopic (exact) mass is 467 g/mol. The quantitative estimate of drug-likeness (QED) is 0.365. The van der Waals surface area contributed by atoms with E-state index in [1.54, 1.807) is 0 Å². The number of hydrogen-bond donors (Lipinski definition) is 0. The van der Waals surface area contributed by atoms with Gasteiger partial charge in [-0.1, -0.05) is 88.8 Å². The topological polar surface area (TPSA) is 12.9 Å². The molecular weight excluding hydrogens is 450 g/mol. The van der Waals surface area contributed by atoms with Gasteiger partial charge in [-0.05, 0) is 35.4 Å². The third-order valence-corrected chi connectivity index (χ3v) is 4.91. The van der Waals surface area contributed by atoms with Gasteiger partial charge in [-0.3, -0.25) is 0 Å². The molecule has 3 heteroatoms. The summed E-state index contributed by atoms with van der Waals surface area (Å²) in [4.78, 5) is 4.83. The molecule has 0 bridgehead atoms. The first kappa shape index (κ1) is 20.5. The van der Waals surface area contributed by atoms with Gasteiger partial charge in [0.1, 0.15) is 0 Å². The molecule has 1 heterocycles. The number of rotatable bonds is 2. The van der Waals surface area contributed by atoms with Gasteiger partial charge >= 0.3 is 0 Å². The van der Waals surface area contributed by atoms with E-state index >= 15 is 0 Å². The second-order valence-corrected chi connectivity index (χ2v) is 7.13. The fourth-order valence-corrected chi connectivity index (χ4v) is 3.32. The number of pyridine rings is 1. The van der Waals surface area contributed by atoms with Crippen molar-refractivity contribution < 1.29 is 17.1 Å². The van der Waals surface area contributed by atoms with Crippen molar-refractivity contribution in [2.75, 3.05) is 0 Å². The van der Waals surface area contributed by atoms with Crippen LogP contribution in [-0.2, 0) is 17.1 Å². The predicted octanol–water partition coefficient (Wildman–Crippen LogP) is 7.14. The van der Waals surface area contributed by atoms with Crippen LogP contribution in [-0.4, -0.2) is 4.98 Å². The Morgan fingerprint density at radius 2 is 1.50 bits per heavy atom. The van der Waals surface area contributed by atoms with E-state index in [4.69, 9.17) is 4.98 Å². The summed E-state index contributed by atoms with van der Waals surface area (Å²) in [7, 11) is 0. The molecule has 5 rings (SSSR count). The molecule has 0 fully saturated rings. The molecule has 3 aromatic rings. The largest absolute Gasteiger partial charge is 0.248 e. The molecule has 0 spiro atoms. The Balaban J connectivity index is 0.000000329. The maximum atomic E-state index is 4.83. The zero-order valence-corrected chi connectivity index (χ0v) is 17.8. The van der Waals surface area contributed by atoms with Crippen LogP contribution in [0, 0.1) is 12.8 Å². The van der Waals surface area contributed by atoms with Crippen molar-refractivity contribution in [1.29, 1.82) is 0 Å². The van der Waals surface area contributed by atoms with Gasteiger partial charge in [0, 0.05) is 45.3 Å². The Hall–Kier alpha value is -2.19. The molecule has 28 heavy (non-hydrogen) atoms. The van der Waals surface area contributed by atoms with Crippen molar-refractivity contribution in [1.82, 2.24) is 4.98 Å². The van der Waals surface area contributed by atoms with Gasteiger partial charge in [0.2, 0.25) is 0 Å². The van der Waals surface area contributed by atoms with Gasteiger partial charge < -0.3 is 0 Å². The van der Waals surface area contributed by atoms with Crippen LogP contribution in [0.4, 0.5) is 0 Å². The number of nitrogens with zero attached hydrogens (tertiary/aromatic N) is 1. The average molecular weight is 468 g/mol. The molecule has 1 aromatic heterocycles. The summed E-state index contributed by atoms with van der Waals surface area (Å²) in [6, 6.07) is 18.8. The molecule has 0 N–H and O–H groups in total. The van der Waals surface area contributed by atoms with Gasteiger partial charge in [0.15, 0.2) is 0 Å². The minimum absolute atomic E-state index is 0. The van der Waals surface area contributed by atoms with Gasteiger partial charge in [-0.25, -0.2) is 4.98 Å². The Morgan fingerprint density at radius 1 is 0.750 bits per heavy atom. The number of aromatic nitrogens is 1. The van der Waals surface area contributed by atoms with Crippen LogP contribution < -0.4 is 0 Å². The molecule has 0 aliphatic heterocycles. The fourth-order valence-electron chi connectivity index (χ4n) is 3.06. The number of halogens is 1. The van der Waals surface area contributed by atoms with E-state index in [9.17, 15) is 0 Å². The first-order valence-corrected chi connectivity index (χ1v) is 9.65. The number of hydrogen-bond acceptors (Lipinski definition) is 1. The second kappa shape index (κ2) is 9.84. The van der Waals surface area contributed by atoms with Crippen LogP contribution in [0.5, 0.6) is 0 Å². The molecule has 138 valence electrons. The normalized spacial score (nSPS) is 13.8. The van der Waals surface area contributed by atoms with Gasteiger partial charge in [-0.15, -0.1) is 0 Å². The molecule has 0 atom stereocenters. The predicted molar refractivity (Wildman–Crippen MR) is 119 cm³/mol. The Kier molecular flexibility index (Phi) is 7.22. The zero-order chi connectivity index (χ0) is 18.5. The van der Waals surface area contributed by atoms with Crippen molar-refractivity contribution in [3.63, 3.8) is 0 Å². The summed E-state index contributed by atoms with van der Waals surface area (Å²) in [5.41, 5.74) is 5.62. The third kappa shape index (κ3) is 4.80. The number of para-hydroxylation sites is 1. The molecule has 0 saturated heterocycles. The van der Waals surface area contributed by atoms with E-state index in [2.05, 4.69) is 77.0 Å². The van der Waals surface area contributed by atoms with E-state index in [1.165, 1.54) is 16.5 Å². The van der Waals surface area contributed by atoms with Crippen molar-refractivity contribution in [3.8, 4) is 11.3 Å². The van der Waals surface area contributed by atoms with E-state index in [0.717, 1.165) is 21.2 Å². The summed E-state index contributed by atoms with van der Waals surface area (Å²) < 4.78 is 1.08. The molecule has 1 nitrogen and oxygen atoms in total. The first-order chi connectivity index (χ1) is 13.3. The molecule has 2 aliphatic rings. The third-order valence-electron chi connectivity index (χ3n) is 4.39. The molecular formula is C25H18BrFeN. The number of benzene rings is 2. The van der Waals surface area contributed by atoms with Crippen LogP contribution in [0.3, 0.4) is 0 Å². The maximum Gasteiger partial charge on any atom is 0.0715 e. The molecule has 0 saturated carbocycles. The Labute approximate surface area is 185 Å². The smallest absolute Gasteiger partial charge is 0.0715 e. The number of fused-ring (bicyclic) bond motifs is 1. The van der Waals surface area contributed by atoms with Gasteiger partial charge in [0.25, 0.3) is 0 Å². The molecule has 2 aromatic carbocycles. The standard InChI is InChI=1S/C20H13BrN.C5H5.Fe/c21-16-11-9-15(10-12-16)20-13-18(14-5-1-2-6-14)17-7-3-4-8-19(17)22-20;1-2-4-5-3-1;/h1-13H;1-5H;. The van der Waals surface area contributed by atoms with Crippen molar-refractivity contribution in [2.24, 2.45) is 0 Å². The van der Waals surface area contributed by atoms with Crippen LogP contribution >= 0.6 is 15.9 Å². The second-order valence-electron chi connectivity index (χ2n) is 6.21. The van der Waals surface area contributed by atoms with Gasteiger partial charge in [0.05, 0.1) is 11.2 Å². The fraction of sp³-hybridized carbons (Fsp3) is 0. The number of allylic oxidation sites excluding steroid dienone is 8.